The molecular weight excluding hydrogens is 257 g/mol. The molecule has 0 aliphatic heterocycles. The molecular formula is C12H13Cl2N3. The van der Waals surface area contributed by atoms with Crippen LogP contribution in [0.4, 0.5) is 5.69 Å². The van der Waals surface area contributed by atoms with Gasteiger partial charge in [-0.25, -0.2) is 0 Å². The first-order chi connectivity index (χ1) is 8.09. The van der Waals surface area contributed by atoms with E-state index in [1.54, 1.807) is 4.68 Å². The lowest BCUT2D eigenvalue weighted by Crippen LogP contribution is -2.06. The summed E-state index contributed by atoms with van der Waals surface area (Å²) < 4.78 is 1.78. The Bertz CT molecular complexity index is 535. The normalized spacial score (nSPS) is 10.6. The van der Waals surface area contributed by atoms with Crippen molar-refractivity contribution in [1.29, 1.82) is 0 Å². The highest BCUT2D eigenvalue weighted by atomic mass is 35.5. The van der Waals surface area contributed by atoms with Crippen LogP contribution in [0.15, 0.2) is 24.3 Å². The van der Waals surface area contributed by atoms with Crippen molar-refractivity contribution < 1.29 is 0 Å². The first-order valence-corrected chi connectivity index (χ1v) is 6.01. The number of nitrogens with one attached hydrogen (secondary N) is 1. The van der Waals surface area contributed by atoms with Gasteiger partial charge in [-0.05, 0) is 19.1 Å². The molecule has 0 aliphatic rings. The predicted octanol–water partition coefficient (Wildman–Crippen LogP) is 3.65. The van der Waals surface area contributed by atoms with E-state index in [1.165, 1.54) is 0 Å². The van der Waals surface area contributed by atoms with Crippen LogP contribution >= 0.6 is 23.2 Å². The molecule has 0 amide bonds. The molecule has 90 valence electrons. The molecule has 0 atom stereocenters. The Morgan fingerprint density at radius 3 is 2.59 bits per heavy atom. The highest BCUT2D eigenvalue weighted by Gasteiger charge is 2.10. The lowest BCUT2D eigenvalue weighted by atomic mass is 10.3. The first kappa shape index (κ1) is 12.3. The predicted molar refractivity (Wildman–Crippen MR) is 71.7 cm³/mol. The average molecular weight is 270 g/mol. The summed E-state index contributed by atoms with van der Waals surface area (Å²) >= 11 is 12.2. The molecule has 0 fully saturated rings. The summed E-state index contributed by atoms with van der Waals surface area (Å²) in [4.78, 5) is 0. The quantitative estimate of drug-likeness (QED) is 0.922. The molecule has 0 unspecified atom stereocenters. The number of hydrogen-bond donors (Lipinski definition) is 1. The summed E-state index contributed by atoms with van der Waals surface area (Å²) in [5.41, 5.74) is 2.68. The number of aryl methyl sites for hydroxylation is 2. The van der Waals surface area contributed by atoms with Gasteiger partial charge in [-0.2, -0.15) is 5.10 Å². The minimum absolute atomic E-state index is 0.597. The Labute approximate surface area is 110 Å². The van der Waals surface area contributed by atoms with Crippen molar-refractivity contribution in [1.82, 2.24) is 9.78 Å². The Hall–Kier alpha value is -1.19. The highest BCUT2D eigenvalue weighted by Crippen LogP contribution is 2.24. The molecule has 1 aromatic heterocycles. The zero-order valence-corrected chi connectivity index (χ0v) is 11.2. The minimum Gasteiger partial charge on any atom is -0.378 e. The van der Waals surface area contributed by atoms with Gasteiger partial charge < -0.3 is 5.32 Å². The van der Waals surface area contributed by atoms with Crippen LogP contribution in [0, 0.1) is 6.92 Å². The van der Waals surface area contributed by atoms with Crippen molar-refractivity contribution in [2.45, 2.75) is 13.5 Å². The number of aromatic nitrogens is 2. The number of anilines is 1. The van der Waals surface area contributed by atoms with Gasteiger partial charge in [-0.3, -0.25) is 4.68 Å². The second kappa shape index (κ2) is 4.98. The topological polar surface area (TPSA) is 29.9 Å². The summed E-state index contributed by atoms with van der Waals surface area (Å²) in [6.07, 6.45) is 0. The van der Waals surface area contributed by atoms with Gasteiger partial charge in [0.2, 0.25) is 0 Å². The molecule has 0 saturated heterocycles. The standard InChI is InChI=1S/C12H13Cl2N3/c1-8-12(14)11(17(2)16-8)7-15-10-6-4-3-5-9(10)13/h3-6,15H,7H2,1-2H3. The van der Waals surface area contributed by atoms with E-state index >= 15 is 0 Å². The van der Waals surface area contributed by atoms with E-state index in [4.69, 9.17) is 23.2 Å². The average Bonchev–Trinajstić information content (AvgIpc) is 2.53. The molecule has 5 heteroatoms. The monoisotopic (exact) mass is 269 g/mol. The third kappa shape index (κ3) is 2.56. The van der Waals surface area contributed by atoms with Gasteiger partial charge in [0.25, 0.3) is 0 Å². The van der Waals surface area contributed by atoms with Crippen molar-refractivity contribution >= 4 is 28.9 Å². The highest BCUT2D eigenvalue weighted by molar-refractivity contribution is 6.33. The van der Waals surface area contributed by atoms with Gasteiger partial charge in [0.05, 0.1) is 33.7 Å². The van der Waals surface area contributed by atoms with Crippen LogP contribution in [0.1, 0.15) is 11.4 Å². The minimum atomic E-state index is 0.597. The number of hydrogen-bond acceptors (Lipinski definition) is 2. The SMILES string of the molecule is Cc1nn(C)c(CNc2ccccc2Cl)c1Cl. The van der Waals surface area contributed by atoms with Crippen LogP contribution in [-0.2, 0) is 13.6 Å². The summed E-state index contributed by atoms with van der Waals surface area (Å²) in [7, 11) is 1.88. The van der Waals surface area contributed by atoms with Crippen LogP contribution in [0.25, 0.3) is 0 Å². The second-order valence-corrected chi connectivity index (χ2v) is 4.59. The molecule has 3 nitrogen and oxygen atoms in total. The first-order valence-electron chi connectivity index (χ1n) is 5.26. The lowest BCUT2D eigenvalue weighted by Gasteiger charge is -2.08. The Balaban J connectivity index is 2.15. The maximum Gasteiger partial charge on any atom is 0.0865 e. The van der Waals surface area contributed by atoms with Gasteiger partial charge in [-0.15, -0.1) is 0 Å². The van der Waals surface area contributed by atoms with Crippen molar-refractivity contribution in [2.24, 2.45) is 7.05 Å². The molecule has 1 heterocycles. The van der Waals surface area contributed by atoms with Gasteiger partial charge in [0, 0.05) is 7.05 Å². The van der Waals surface area contributed by atoms with E-state index < -0.39 is 0 Å². The second-order valence-electron chi connectivity index (χ2n) is 3.80. The van der Waals surface area contributed by atoms with Gasteiger partial charge in [-0.1, -0.05) is 35.3 Å². The number of benzene rings is 1. The van der Waals surface area contributed by atoms with E-state index in [9.17, 15) is 0 Å². The zero-order valence-electron chi connectivity index (χ0n) is 9.67. The molecule has 0 bridgehead atoms. The van der Waals surface area contributed by atoms with Crippen LogP contribution < -0.4 is 5.32 Å². The largest absolute Gasteiger partial charge is 0.378 e. The van der Waals surface area contributed by atoms with Gasteiger partial charge in [0.1, 0.15) is 0 Å². The fourth-order valence-electron chi connectivity index (χ4n) is 1.66. The van der Waals surface area contributed by atoms with E-state index in [0.717, 1.165) is 17.1 Å². The smallest absolute Gasteiger partial charge is 0.0865 e. The van der Waals surface area contributed by atoms with Crippen molar-refractivity contribution in [3.63, 3.8) is 0 Å². The van der Waals surface area contributed by atoms with Crippen LogP contribution in [-0.4, -0.2) is 9.78 Å². The Kier molecular flexibility index (Phi) is 3.60. The third-order valence-corrected chi connectivity index (χ3v) is 3.40. The van der Waals surface area contributed by atoms with E-state index in [-0.39, 0.29) is 0 Å². The molecule has 0 saturated carbocycles. The van der Waals surface area contributed by atoms with Crippen molar-refractivity contribution in [2.75, 3.05) is 5.32 Å². The van der Waals surface area contributed by atoms with Crippen molar-refractivity contribution in [3.05, 3.63) is 45.7 Å². The summed E-state index contributed by atoms with van der Waals surface area (Å²) in [6, 6.07) is 7.61. The molecule has 2 rings (SSSR count). The molecule has 0 radical (unpaired) electrons. The van der Waals surface area contributed by atoms with Gasteiger partial charge in [0.15, 0.2) is 0 Å². The molecule has 17 heavy (non-hydrogen) atoms. The third-order valence-electron chi connectivity index (χ3n) is 2.58. The van der Waals surface area contributed by atoms with Crippen molar-refractivity contribution in [3.8, 4) is 0 Å². The lowest BCUT2D eigenvalue weighted by molar-refractivity contribution is 0.713. The van der Waals surface area contributed by atoms with E-state index in [2.05, 4.69) is 10.4 Å². The Morgan fingerprint density at radius 1 is 1.29 bits per heavy atom. The Morgan fingerprint density at radius 2 is 2.00 bits per heavy atom. The fraction of sp³-hybridized carbons (Fsp3) is 0.250. The van der Waals surface area contributed by atoms with Crippen LogP contribution in [0.3, 0.4) is 0 Å². The van der Waals surface area contributed by atoms with E-state index in [1.807, 2.05) is 38.2 Å². The fourth-order valence-corrected chi connectivity index (χ4v) is 2.09. The summed E-state index contributed by atoms with van der Waals surface area (Å²) in [5, 5.41) is 8.90. The zero-order chi connectivity index (χ0) is 12.4. The van der Waals surface area contributed by atoms with Crippen LogP contribution in [0.5, 0.6) is 0 Å². The summed E-state index contributed by atoms with van der Waals surface area (Å²) in [5.74, 6) is 0. The van der Waals surface area contributed by atoms with Crippen LogP contribution in [0.2, 0.25) is 10.0 Å². The maximum absolute atomic E-state index is 6.16. The molecule has 0 spiro atoms. The molecule has 1 N–H and O–H groups in total. The number of para-hydroxylation sites is 1. The van der Waals surface area contributed by atoms with Gasteiger partial charge >= 0.3 is 0 Å². The number of halogens is 2. The molecule has 1 aromatic carbocycles. The summed E-state index contributed by atoms with van der Waals surface area (Å²) in [6.45, 7) is 2.49. The number of rotatable bonds is 3. The van der Waals surface area contributed by atoms with E-state index in [0.29, 0.717) is 16.6 Å². The molecule has 2 aromatic rings. The maximum atomic E-state index is 6.16. The number of nitrogens with zero attached hydrogens (tertiary/aromatic N) is 2. The molecule has 0 aliphatic carbocycles.